The number of phenols is 1. The van der Waals surface area contributed by atoms with Gasteiger partial charge in [0.2, 0.25) is 0 Å². The fraction of sp³-hybridized carbons (Fsp3) is 0.381. The fourth-order valence-electron chi connectivity index (χ4n) is 3.59. The zero-order chi connectivity index (χ0) is 22.6. The minimum atomic E-state index is -4.62. The number of primary amides is 1. The van der Waals surface area contributed by atoms with Crippen molar-refractivity contribution in [2.75, 3.05) is 37.6 Å². The predicted octanol–water partition coefficient (Wildman–Crippen LogP) is 4.41. The molecule has 0 radical (unpaired) electrons. The van der Waals surface area contributed by atoms with Gasteiger partial charge < -0.3 is 20.5 Å². The molecule has 1 atom stereocenters. The van der Waals surface area contributed by atoms with Crippen LogP contribution in [0, 0.1) is 0 Å². The number of benzene rings is 2. The average Bonchev–Trinajstić information content (AvgIpc) is 2.71. The summed E-state index contributed by atoms with van der Waals surface area (Å²) in [5, 5.41) is 8.99. The third-order valence-corrected chi connectivity index (χ3v) is 5.55. The first-order valence-electron chi connectivity index (χ1n) is 9.72. The number of anilines is 1. The van der Waals surface area contributed by atoms with E-state index in [2.05, 4.69) is 9.80 Å². The van der Waals surface area contributed by atoms with Crippen LogP contribution >= 0.6 is 11.6 Å². The molecule has 2 aromatic rings. The summed E-state index contributed by atoms with van der Waals surface area (Å²) in [6, 6.07) is 10.4. The third kappa shape index (κ3) is 6.18. The van der Waals surface area contributed by atoms with Crippen molar-refractivity contribution in [3.63, 3.8) is 0 Å². The number of nitrogens with zero attached hydrogens (tertiary/aromatic N) is 2. The molecule has 1 heterocycles. The first kappa shape index (κ1) is 23.0. The molecule has 0 aromatic heterocycles. The highest BCUT2D eigenvalue weighted by Crippen LogP contribution is 2.37. The highest BCUT2D eigenvalue weighted by Gasteiger charge is 2.34. The van der Waals surface area contributed by atoms with E-state index in [-0.39, 0.29) is 11.3 Å². The van der Waals surface area contributed by atoms with Gasteiger partial charge in [0.15, 0.2) is 0 Å². The van der Waals surface area contributed by atoms with Crippen molar-refractivity contribution in [3.8, 4) is 5.75 Å². The van der Waals surface area contributed by atoms with Gasteiger partial charge in [-0.05, 0) is 42.0 Å². The van der Waals surface area contributed by atoms with E-state index in [1.807, 2.05) is 12.1 Å². The van der Waals surface area contributed by atoms with Crippen LogP contribution < -0.4 is 10.6 Å². The molecule has 2 aromatic carbocycles. The van der Waals surface area contributed by atoms with Crippen molar-refractivity contribution in [1.29, 1.82) is 0 Å². The average molecular weight is 458 g/mol. The lowest BCUT2D eigenvalue weighted by Crippen LogP contribution is -2.46. The van der Waals surface area contributed by atoms with Crippen molar-refractivity contribution in [2.24, 2.45) is 5.73 Å². The Morgan fingerprint density at radius 1 is 1.13 bits per heavy atom. The minimum absolute atomic E-state index is 0.193. The zero-order valence-corrected chi connectivity index (χ0v) is 17.4. The van der Waals surface area contributed by atoms with Crippen LogP contribution in [0.4, 0.5) is 23.7 Å². The Morgan fingerprint density at radius 2 is 1.77 bits per heavy atom. The van der Waals surface area contributed by atoms with Crippen molar-refractivity contribution < 1.29 is 27.8 Å². The van der Waals surface area contributed by atoms with Crippen LogP contribution in [0.2, 0.25) is 5.02 Å². The Hall–Kier alpha value is -2.65. The Kier molecular flexibility index (Phi) is 7.17. The van der Waals surface area contributed by atoms with E-state index in [0.29, 0.717) is 13.0 Å². The molecule has 168 valence electrons. The molecule has 1 unspecified atom stereocenters. The predicted molar refractivity (Wildman–Crippen MR) is 111 cm³/mol. The standard InChI is InChI=1S/C21H23ClF3N3O3/c22-18-6-1-14(13-17(18)21(23,24)25)19(31-20(26)30)7-8-27-9-11-28(12-10-27)15-2-4-16(29)5-3-15/h1-6,13,19,29H,7-12H2,(H2,26,30). The molecule has 1 amide bonds. The van der Waals surface area contributed by atoms with Gasteiger partial charge in [0.1, 0.15) is 11.9 Å². The highest BCUT2D eigenvalue weighted by atomic mass is 35.5. The highest BCUT2D eigenvalue weighted by molar-refractivity contribution is 6.31. The summed E-state index contributed by atoms with van der Waals surface area (Å²) >= 11 is 5.68. The maximum atomic E-state index is 13.2. The van der Waals surface area contributed by atoms with Crippen LogP contribution in [0.1, 0.15) is 23.7 Å². The topological polar surface area (TPSA) is 79.0 Å². The van der Waals surface area contributed by atoms with Gasteiger partial charge in [-0.2, -0.15) is 13.2 Å². The van der Waals surface area contributed by atoms with Gasteiger partial charge in [-0.3, -0.25) is 4.90 Å². The van der Waals surface area contributed by atoms with Crippen LogP contribution in [-0.2, 0) is 10.9 Å². The van der Waals surface area contributed by atoms with Crippen molar-refractivity contribution in [1.82, 2.24) is 4.90 Å². The van der Waals surface area contributed by atoms with Crippen LogP contribution in [0.25, 0.3) is 0 Å². The monoisotopic (exact) mass is 457 g/mol. The number of carbonyl (C=O) groups is 1. The number of hydrogen-bond acceptors (Lipinski definition) is 5. The van der Waals surface area contributed by atoms with Gasteiger partial charge in [-0.1, -0.05) is 17.7 Å². The molecule has 10 heteroatoms. The summed E-state index contributed by atoms with van der Waals surface area (Å²) in [7, 11) is 0. The normalized spacial score (nSPS) is 16.2. The maximum Gasteiger partial charge on any atom is 0.417 e. The van der Waals surface area contributed by atoms with Crippen LogP contribution in [0.15, 0.2) is 42.5 Å². The Labute approximate surface area is 182 Å². The lowest BCUT2D eigenvalue weighted by molar-refractivity contribution is -0.137. The molecule has 3 N–H and O–H groups in total. The molecule has 1 aliphatic heterocycles. The lowest BCUT2D eigenvalue weighted by Gasteiger charge is -2.36. The van der Waals surface area contributed by atoms with E-state index in [0.717, 1.165) is 44.0 Å². The summed E-state index contributed by atoms with van der Waals surface area (Å²) < 4.78 is 44.7. The number of ether oxygens (including phenoxy) is 1. The number of rotatable bonds is 6. The molecule has 0 aliphatic carbocycles. The number of alkyl halides is 3. The Morgan fingerprint density at radius 3 is 2.35 bits per heavy atom. The Bertz CT molecular complexity index is 901. The molecule has 1 fully saturated rings. The van der Waals surface area contributed by atoms with Crippen molar-refractivity contribution in [3.05, 3.63) is 58.6 Å². The third-order valence-electron chi connectivity index (χ3n) is 5.22. The van der Waals surface area contributed by atoms with Crippen LogP contribution in [-0.4, -0.2) is 48.8 Å². The molecule has 6 nitrogen and oxygen atoms in total. The van der Waals surface area contributed by atoms with Gasteiger partial charge in [-0.25, -0.2) is 4.79 Å². The molecule has 0 saturated carbocycles. The van der Waals surface area contributed by atoms with E-state index in [1.165, 1.54) is 6.07 Å². The number of phenolic OH excluding ortho intramolecular Hbond substituents is 1. The second kappa shape index (κ2) is 9.65. The van der Waals surface area contributed by atoms with Crippen LogP contribution in [0.3, 0.4) is 0 Å². The van der Waals surface area contributed by atoms with Gasteiger partial charge >= 0.3 is 12.3 Å². The number of amides is 1. The first-order chi connectivity index (χ1) is 14.6. The molecule has 3 rings (SSSR count). The summed E-state index contributed by atoms with van der Waals surface area (Å²) in [5.74, 6) is 0.207. The number of aromatic hydroxyl groups is 1. The second-order valence-corrected chi connectivity index (χ2v) is 7.70. The second-order valence-electron chi connectivity index (χ2n) is 7.30. The smallest absolute Gasteiger partial charge is 0.417 e. The van der Waals surface area contributed by atoms with Gasteiger partial charge in [0.05, 0.1) is 10.6 Å². The first-order valence-corrected chi connectivity index (χ1v) is 10.1. The molecule has 0 bridgehead atoms. The molecule has 0 spiro atoms. The number of halogens is 4. The van der Waals surface area contributed by atoms with Crippen molar-refractivity contribution >= 4 is 23.4 Å². The van der Waals surface area contributed by atoms with Gasteiger partial charge in [0, 0.05) is 44.8 Å². The molecule has 1 aliphatic rings. The van der Waals surface area contributed by atoms with Gasteiger partial charge in [-0.15, -0.1) is 0 Å². The van der Waals surface area contributed by atoms with E-state index in [9.17, 15) is 23.1 Å². The minimum Gasteiger partial charge on any atom is -0.508 e. The Balaban J connectivity index is 1.62. The number of carbonyl (C=O) groups excluding carboxylic acids is 1. The summed E-state index contributed by atoms with van der Waals surface area (Å²) in [4.78, 5) is 15.7. The van der Waals surface area contributed by atoms with E-state index in [1.54, 1.807) is 12.1 Å². The number of nitrogens with two attached hydrogens (primary N) is 1. The SMILES string of the molecule is NC(=O)OC(CCN1CCN(c2ccc(O)cc2)CC1)c1ccc(Cl)c(C(F)(F)F)c1. The molecular formula is C21H23ClF3N3O3. The van der Waals surface area contributed by atoms with E-state index < -0.39 is 29.0 Å². The van der Waals surface area contributed by atoms with E-state index >= 15 is 0 Å². The fourth-order valence-corrected chi connectivity index (χ4v) is 3.81. The summed E-state index contributed by atoms with van der Waals surface area (Å²) in [5.41, 5.74) is 5.36. The molecule has 31 heavy (non-hydrogen) atoms. The van der Waals surface area contributed by atoms with Crippen molar-refractivity contribution in [2.45, 2.75) is 18.7 Å². The largest absolute Gasteiger partial charge is 0.508 e. The summed E-state index contributed by atoms with van der Waals surface area (Å²) in [6.07, 6.45) is -6.28. The quantitative estimate of drug-likeness (QED) is 0.671. The number of hydrogen-bond donors (Lipinski definition) is 2. The molecular weight excluding hydrogens is 435 g/mol. The van der Waals surface area contributed by atoms with E-state index in [4.69, 9.17) is 22.1 Å². The maximum absolute atomic E-state index is 13.2. The lowest BCUT2D eigenvalue weighted by atomic mass is 10.0. The summed E-state index contributed by atoms with van der Waals surface area (Å²) in [6.45, 7) is 3.50. The van der Waals surface area contributed by atoms with Gasteiger partial charge in [0.25, 0.3) is 0 Å². The van der Waals surface area contributed by atoms with Crippen LogP contribution in [0.5, 0.6) is 5.75 Å². The molecule has 1 saturated heterocycles. The zero-order valence-electron chi connectivity index (χ0n) is 16.6. The number of piperazine rings is 1.